The minimum absolute atomic E-state index is 0.0348. The number of nitrogens with zero attached hydrogens (tertiary/aromatic N) is 1. The van der Waals surface area contributed by atoms with Crippen LogP contribution >= 0.6 is 22.7 Å². The fourth-order valence-electron chi connectivity index (χ4n) is 2.16. The average Bonchev–Trinajstić information content (AvgIpc) is 3.17. The molecule has 22 heavy (non-hydrogen) atoms. The van der Waals surface area contributed by atoms with Crippen LogP contribution in [0.4, 0.5) is 0 Å². The predicted molar refractivity (Wildman–Crippen MR) is 91.6 cm³/mol. The normalized spacial score (nSPS) is 10.6. The van der Waals surface area contributed by atoms with Crippen LogP contribution in [0.25, 0.3) is 0 Å². The van der Waals surface area contributed by atoms with Gasteiger partial charge < -0.3 is 5.32 Å². The SMILES string of the molecule is Cc1nc(CNC(=O)c2cccs2)sc1Cc1ccccc1. The number of hydrogen-bond acceptors (Lipinski definition) is 4. The van der Waals surface area contributed by atoms with Crippen LogP contribution in [-0.2, 0) is 13.0 Å². The monoisotopic (exact) mass is 328 g/mol. The molecule has 0 fully saturated rings. The highest BCUT2D eigenvalue weighted by molar-refractivity contribution is 7.12. The molecule has 5 heteroatoms. The van der Waals surface area contributed by atoms with Crippen molar-refractivity contribution in [3.63, 3.8) is 0 Å². The first-order chi connectivity index (χ1) is 10.7. The molecule has 0 unspecified atom stereocenters. The second-order valence-corrected chi connectivity index (χ2v) is 7.05. The maximum atomic E-state index is 11.9. The van der Waals surface area contributed by atoms with Crippen molar-refractivity contribution >= 4 is 28.6 Å². The Labute approximate surface area is 137 Å². The van der Waals surface area contributed by atoms with Gasteiger partial charge in [-0.2, -0.15) is 0 Å². The average molecular weight is 328 g/mol. The Bertz CT molecular complexity index is 748. The van der Waals surface area contributed by atoms with Crippen LogP contribution in [0.3, 0.4) is 0 Å². The summed E-state index contributed by atoms with van der Waals surface area (Å²) in [5.41, 5.74) is 2.33. The van der Waals surface area contributed by atoms with Gasteiger partial charge in [0, 0.05) is 11.3 Å². The van der Waals surface area contributed by atoms with Gasteiger partial charge in [0.25, 0.3) is 5.91 Å². The lowest BCUT2D eigenvalue weighted by Crippen LogP contribution is -2.21. The van der Waals surface area contributed by atoms with Crippen molar-refractivity contribution in [3.05, 3.63) is 73.9 Å². The first-order valence-electron chi connectivity index (χ1n) is 7.03. The molecule has 0 aliphatic rings. The van der Waals surface area contributed by atoms with E-state index in [4.69, 9.17) is 0 Å². The number of benzene rings is 1. The molecule has 1 aromatic carbocycles. The zero-order valence-electron chi connectivity index (χ0n) is 12.2. The molecule has 1 amide bonds. The van der Waals surface area contributed by atoms with E-state index in [0.717, 1.165) is 22.0 Å². The Morgan fingerprint density at radius 2 is 2.00 bits per heavy atom. The zero-order chi connectivity index (χ0) is 15.4. The molecule has 0 radical (unpaired) electrons. The second kappa shape index (κ2) is 6.85. The number of carbonyl (C=O) groups excluding carboxylic acids is 1. The molecule has 3 nitrogen and oxygen atoms in total. The van der Waals surface area contributed by atoms with Crippen LogP contribution in [0.15, 0.2) is 47.8 Å². The first-order valence-corrected chi connectivity index (χ1v) is 8.73. The van der Waals surface area contributed by atoms with Crippen molar-refractivity contribution in [2.75, 3.05) is 0 Å². The van der Waals surface area contributed by atoms with E-state index < -0.39 is 0 Å². The summed E-state index contributed by atoms with van der Waals surface area (Å²) < 4.78 is 0. The number of aryl methyl sites for hydroxylation is 1. The van der Waals surface area contributed by atoms with E-state index in [-0.39, 0.29) is 5.91 Å². The first kappa shape index (κ1) is 14.9. The summed E-state index contributed by atoms with van der Waals surface area (Å²) in [5.74, 6) is -0.0348. The van der Waals surface area contributed by atoms with Crippen LogP contribution in [0, 0.1) is 6.92 Å². The number of thiazole rings is 1. The van der Waals surface area contributed by atoms with Gasteiger partial charge in [-0.3, -0.25) is 4.79 Å². The number of rotatable bonds is 5. The molecule has 0 saturated carbocycles. The minimum Gasteiger partial charge on any atom is -0.345 e. The third kappa shape index (κ3) is 3.61. The Morgan fingerprint density at radius 1 is 1.18 bits per heavy atom. The summed E-state index contributed by atoms with van der Waals surface area (Å²) >= 11 is 3.12. The minimum atomic E-state index is -0.0348. The molecule has 3 aromatic rings. The number of hydrogen-bond donors (Lipinski definition) is 1. The van der Waals surface area contributed by atoms with Crippen LogP contribution in [0.5, 0.6) is 0 Å². The lowest BCUT2D eigenvalue weighted by molar-refractivity contribution is 0.0955. The second-order valence-electron chi connectivity index (χ2n) is 4.94. The maximum Gasteiger partial charge on any atom is 0.261 e. The summed E-state index contributed by atoms with van der Waals surface area (Å²) in [6, 6.07) is 14.1. The summed E-state index contributed by atoms with van der Waals surface area (Å²) in [5, 5.41) is 5.78. The smallest absolute Gasteiger partial charge is 0.261 e. The van der Waals surface area contributed by atoms with E-state index in [1.54, 1.807) is 11.3 Å². The lowest BCUT2D eigenvalue weighted by Gasteiger charge is -2.00. The van der Waals surface area contributed by atoms with Gasteiger partial charge in [-0.1, -0.05) is 36.4 Å². The van der Waals surface area contributed by atoms with Crippen molar-refractivity contribution in [2.45, 2.75) is 19.9 Å². The fraction of sp³-hybridized carbons (Fsp3) is 0.176. The van der Waals surface area contributed by atoms with Crippen LogP contribution in [0.2, 0.25) is 0 Å². The third-order valence-corrected chi connectivity index (χ3v) is 5.32. The summed E-state index contributed by atoms with van der Waals surface area (Å²) in [4.78, 5) is 18.5. The molecule has 0 aliphatic carbocycles. The standard InChI is InChI=1S/C17H16N2OS2/c1-12-15(10-13-6-3-2-4-7-13)22-16(19-12)11-18-17(20)14-8-5-9-21-14/h2-9H,10-11H2,1H3,(H,18,20). The molecule has 0 spiro atoms. The highest BCUT2D eigenvalue weighted by Gasteiger charge is 2.11. The topological polar surface area (TPSA) is 42.0 Å². The zero-order valence-corrected chi connectivity index (χ0v) is 13.8. The summed E-state index contributed by atoms with van der Waals surface area (Å²) in [6.07, 6.45) is 0.892. The van der Waals surface area contributed by atoms with E-state index in [9.17, 15) is 4.79 Å². The number of amides is 1. The van der Waals surface area contributed by atoms with Gasteiger partial charge in [0.15, 0.2) is 0 Å². The van der Waals surface area contributed by atoms with Gasteiger partial charge in [-0.25, -0.2) is 4.98 Å². The van der Waals surface area contributed by atoms with Crippen LogP contribution in [-0.4, -0.2) is 10.9 Å². The van der Waals surface area contributed by atoms with Crippen molar-refractivity contribution in [3.8, 4) is 0 Å². The molecule has 0 saturated heterocycles. The molecule has 112 valence electrons. The van der Waals surface area contributed by atoms with Crippen LogP contribution in [0.1, 0.15) is 30.8 Å². The van der Waals surface area contributed by atoms with Gasteiger partial charge >= 0.3 is 0 Å². The van der Waals surface area contributed by atoms with Crippen molar-refractivity contribution in [2.24, 2.45) is 0 Å². The Morgan fingerprint density at radius 3 is 2.73 bits per heavy atom. The van der Waals surface area contributed by atoms with E-state index in [0.29, 0.717) is 6.54 Å². The number of carbonyl (C=O) groups is 1. The molecular formula is C17H16N2OS2. The highest BCUT2D eigenvalue weighted by Crippen LogP contribution is 2.21. The predicted octanol–water partition coefficient (Wildman–Crippen LogP) is 4.03. The quantitative estimate of drug-likeness (QED) is 0.768. The van der Waals surface area contributed by atoms with Gasteiger partial charge in [-0.15, -0.1) is 22.7 Å². The Hall–Kier alpha value is -1.98. The van der Waals surface area contributed by atoms with Gasteiger partial charge in [0.05, 0.1) is 17.1 Å². The maximum absolute atomic E-state index is 11.9. The van der Waals surface area contributed by atoms with E-state index in [1.165, 1.54) is 21.8 Å². The Balaban J connectivity index is 1.64. The lowest BCUT2D eigenvalue weighted by atomic mass is 10.1. The van der Waals surface area contributed by atoms with E-state index >= 15 is 0 Å². The number of aromatic nitrogens is 1. The number of nitrogens with one attached hydrogen (secondary N) is 1. The van der Waals surface area contributed by atoms with Gasteiger partial charge in [0.1, 0.15) is 5.01 Å². The van der Waals surface area contributed by atoms with Crippen LogP contribution < -0.4 is 5.32 Å². The summed E-state index contributed by atoms with van der Waals surface area (Å²) in [7, 11) is 0. The summed E-state index contributed by atoms with van der Waals surface area (Å²) in [6.45, 7) is 2.51. The molecule has 0 aliphatic heterocycles. The number of thiophene rings is 1. The largest absolute Gasteiger partial charge is 0.345 e. The molecule has 2 aromatic heterocycles. The molecule has 0 bridgehead atoms. The van der Waals surface area contributed by atoms with E-state index in [1.807, 2.05) is 42.6 Å². The van der Waals surface area contributed by atoms with E-state index in [2.05, 4.69) is 22.4 Å². The third-order valence-electron chi connectivity index (χ3n) is 3.29. The molecule has 2 heterocycles. The molecular weight excluding hydrogens is 312 g/mol. The van der Waals surface area contributed by atoms with Crippen molar-refractivity contribution in [1.29, 1.82) is 0 Å². The Kier molecular flexibility index (Phi) is 4.65. The molecule has 3 rings (SSSR count). The fourth-order valence-corrected chi connectivity index (χ4v) is 3.84. The highest BCUT2D eigenvalue weighted by atomic mass is 32.1. The molecule has 0 atom stereocenters. The van der Waals surface area contributed by atoms with Gasteiger partial charge in [-0.05, 0) is 23.9 Å². The van der Waals surface area contributed by atoms with Crippen molar-refractivity contribution < 1.29 is 4.79 Å². The molecule has 1 N–H and O–H groups in total. The van der Waals surface area contributed by atoms with Crippen molar-refractivity contribution in [1.82, 2.24) is 10.3 Å². The van der Waals surface area contributed by atoms with Gasteiger partial charge in [0.2, 0.25) is 0 Å².